The molecule has 32 heavy (non-hydrogen) atoms. The molecule has 1 aromatic heterocycles. The van der Waals surface area contributed by atoms with E-state index in [9.17, 15) is 18.0 Å². The zero-order valence-electron chi connectivity index (χ0n) is 18.3. The second kappa shape index (κ2) is 10.2. The van der Waals surface area contributed by atoms with Gasteiger partial charge in [0.1, 0.15) is 6.54 Å². The fourth-order valence-corrected chi connectivity index (χ4v) is 5.31. The van der Waals surface area contributed by atoms with Gasteiger partial charge in [0.15, 0.2) is 14.6 Å². The van der Waals surface area contributed by atoms with E-state index in [1.54, 1.807) is 23.6 Å². The summed E-state index contributed by atoms with van der Waals surface area (Å²) in [6.45, 7) is 4.01. The van der Waals surface area contributed by atoms with Crippen molar-refractivity contribution in [1.82, 2.24) is 4.57 Å². The first-order valence-electron chi connectivity index (χ1n) is 10.4. The zero-order chi connectivity index (χ0) is 23.3. The molecule has 0 N–H and O–H groups in total. The number of benzene rings is 2. The fourth-order valence-electron chi connectivity index (χ4n) is 3.34. The molecule has 0 fully saturated rings. The minimum atomic E-state index is -3.60. The molecule has 3 rings (SSSR count). The Morgan fingerprint density at radius 1 is 1.12 bits per heavy atom. The molecule has 170 valence electrons. The molecule has 0 saturated heterocycles. The van der Waals surface area contributed by atoms with E-state index < -0.39 is 21.7 Å². The van der Waals surface area contributed by atoms with E-state index in [-0.39, 0.29) is 23.6 Å². The monoisotopic (exact) mass is 474 g/mol. The fraction of sp³-hybridized carbons (Fsp3) is 0.348. The molecule has 0 unspecified atom stereocenters. The summed E-state index contributed by atoms with van der Waals surface area (Å²) in [5.41, 5.74) is 1.94. The number of aryl methyl sites for hydroxylation is 1. The number of fused-ring (bicyclic) bond motifs is 1. The lowest BCUT2D eigenvalue weighted by molar-refractivity contribution is -0.143. The molecule has 0 atom stereocenters. The standard InChI is InChI=1S/C23H26N2O5S2/c1-4-6-9-16-12-13-18-19(14-16)31-23(25(18)15-21(26)30-5-2)24-22(27)17-10-7-8-11-20(17)32(3,28)29/h7-8,10-14H,4-6,9,15H2,1-3H3. The summed E-state index contributed by atoms with van der Waals surface area (Å²) >= 11 is 1.29. The Labute approximate surface area is 191 Å². The topological polar surface area (TPSA) is 94.8 Å². The average Bonchev–Trinajstić information content (AvgIpc) is 3.07. The maximum atomic E-state index is 13.0. The number of esters is 1. The normalized spacial score (nSPS) is 12.3. The number of thiazole rings is 1. The summed E-state index contributed by atoms with van der Waals surface area (Å²) in [7, 11) is -3.60. The Hall–Kier alpha value is -2.78. The van der Waals surface area contributed by atoms with E-state index in [1.807, 2.05) is 18.2 Å². The minimum Gasteiger partial charge on any atom is -0.465 e. The van der Waals surface area contributed by atoms with Crippen LogP contribution in [0.2, 0.25) is 0 Å². The SMILES string of the molecule is CCCCc1ccc2c(c1)sc(=NC(=O)c1ccccc1S(C)(=O)=O)n2CC(=O)OCC. The number of carbonyl (C=O) groups is 2. The van der Waals surface area contributed by atoms with E-state index in [0.29, 0.717) is 4.80 Å². The van der Waals surface area contributed by atoms with Crippen molar-refractivity contribution in [2.45, 2.75) is 44.6 Å². The summed E-state index contributed by atoms with van der Waals surface area (Å²) in [4.78, 5) is 29.6. The molecule has 0 spiro atoms. The Kier molecular flexibility index (Phi) is 7.63. The molecule has 1 amide bonds. The smallest absolute Gasteiger partial charge is 0.326 e. The largest absolute Gasteiger partial charge is 0.465 e. The van der Waals surface area contributed by atoms with Gasteiger partial charge in [-0.1, -0.05) is 42.9 Å². The van der Waals surface area contributed by atoms with Gasteiger partial charge in [-0.05, 0) is 49.6 Å². The van der Waals surface area contributed by atoms with E-state index in [4.69, 9.17) is 4.74 Å². The highest BCUT2D eigenvalue weighted by Gasteiger charge is 2.19. The molecule has 7 nitrogen and oxygen atoms in total. The van der Waals surface area contributed by atoms with Crippen LogP contribution in [0.5, 0.6) is 0 Å². The molecular weight excluding hydrogens is 448 g/mol. The van der Waals surface area contributed by atoms with Crippen molar-refractivity contribution in [3.63, 3.8) is 0 Å². The number of ether oxygens (including phenoxy) is 1. The summed E-state index contributed by atoms with van der Waals surface area (Å²) in [5.74, 6) is -1.12. The number of unbranched alkanes of at least 4 members (excludes halogenated alkanes) is 1. The lowest BCUT2D eigenvalue weighted by Gasteiger charge is -2.06. The molecule has 1 heterocycles. The van der Waals surface area contributed by atoms with Gasteiger partial charge in [-0.3, -0.25) is 9.59 Å². The van der Waals surface area contributed by atoms with E-state index >= 15 is 0 Å². The van der Waals surface area contributed by atoms with Crippen LogP contribution in [0.1, 0.15) is 42.6 Å². The summed E-state index contributed by atoms with van der Waals surface area (Å²) < 4.78 is 31.8. The van der Waals surface area contributed by atoms with Gasteiger partial charge in [-0.25, -0.2) is 8.42 Å². The molecular formula is C23H26N2O5S2. The number of carbonyl (C=O) groups excluding carboxylic acids is 2. The van der Waals surface area contributed by atoms with Crippen LogP contribution in [0.4, 0.5) is 0 Å². The van der Waals surface area contributed by atoms with Gasteiger partial charge in [-0.2, -0.15) is 4.99 Å². The third-order valence-corrected chi connectivity index (χ3v) is 7.07. The molecule has 2 aromatic carbocycles. The number of hydrogen-bond donors (Lipinski definition) is 0. The average molecular weight is 475 g/mol. The number of rotatable bonds is 8. The van der Waals surface area contributed by atoms with Crippen molar-refractivity contribution >= 4 is 43.3 Å². The van der Waals surface area contributed by atoms with Gasteiger partial charge in [0.25, 0.3) is 5.91 Å². The van der Waals surface area contributed by atoms with Crippen molar-refractivity contribution in [1.29, 1.82) is 0 Å². The number of aromatic nitrogens is 1. The van der Waals surface area contributed by atoms with Crippen molar-refractivity contribution < 1.29 is 22.7 Å². The number of hydrogen-bond acceptors (Lipinski definition) is 6. The molecule has 0 saturated carbocycles. The van der Waals surface area contributed by atoms with Crippen molar-refractivity contribution in [3.8, 4) is 0 Å². The maximum absolute atomic E-state index is 13.0. The zero-order valence-corrected chi connectivity index (χ0v) is 20.0. The summed E-state index contributed by atoms with van der Waals surface area (Å²) in [6.07, 6.45) is 4.14. The van der Waals surface area contributed by atoms with Crippen LogP contribution >= 0.6 is 11.3 Å². The second-order valence-corrected chi connectivity index (χ2v) is 10.4. The molecule has 9 heteroatoms. The third kappa shape index (κ3) is 5.52. The quantitative estimate of drug-likeness (QED) is 0.464. The maximum Gasteiger partial charge on any atom is 0.326 e. The Bertz CT molecular complexity index is 1320. The summed E-state index contributed by atoms with van der Waals surface area (Å²) in [5, 5.41) is 0. The first kappa shape index (κ1) is 23.9. The summed E-state index contributed by atoms with van der Waals surface area (Å²) in [6, 6.07) is 12.0. The van der Waals surface area contributed by atoms with Crippen LogP contribution < -0.4 is 4.80 Å². The second-order valence-electron chi connectivity index (χ2n) is 7.37. The molecule has 0 aliphatic carbocycles. The molecule has 3 aromatic rings. The lowest BCUT2D eigenvalue weighted by atomic mass is 10.1. The van der Waals surface area contributed by atoms with E-state index in [1.165, 1.54) is 29.0 Å². The number of sulfone groups is 1. The number of nitrogens with zero attached hydrogens (tertiary/aromatic N) is 2. The highest BCUT2D eigenvalue weighted by molar-refractivity contribution is 7.90. The highest BCUT2D eigenvalue weighted by Crippen LogP contribution is 2.21. The molecule has 0 aliphatic rings. The lowest BCUT2D eigenvalue weighted by Crippen LogP contribution is -2.23. The van der Waals surface area contributed by atoms with Crippen LogP contribution in [0.3, 0.4) is 0 Å². The van der Waals surface area contributed by atoms with Crippen molar-refractivity contribution in [2.75, 3.05) is 12.9 Å². The van der Waals surface area contributed by atoms with Crippen molar-refractivity contribution in [3.05, 3.63) is 58.4 Å². The molecule has 0 bridgehead atoms. The third-order valence-electron chi connectivity index (χ3n) is 4.87. The van der Waals surface area contributed by atoms with Crippen LogP contribution in [0.15, 0.2) is 52.4 Å². The molecule has 0 aliphatic heterocycles. The first-order chi connectivity index (χ1) is 15.2. The van der Waals surface area contributed by atoms with Crippen LogP contribution in [-0.2, 0) is 32.3 Å². The van der Waals surface area contributed by atoms with E-state index in [0.717, 1.165) is 35.7 Å². The predicted molar refractivity (Wildman–Crippen MR) is 125 cm³/mol. The van der Waals surface area contributed by atoms with Gasteiger partial charge < -0.3 is 9.30 Å². The first-order valence-corrected chi connectivity index (χ1v) is 13.1. The highest BCUT2D eigenvalue weighted by atomic mass is 32.2. The Balaban J connectivity index is 2.14. The predicted octanol–water partition coefficient (Wildman–Crippen LogP) is 3.75. The van der Waals surface area contributed by atoms with E-state index in [2.05, 4.69) is 11.9 Å². The van der Waals surface area contributed by atoms with Crippen LogP contribution in [0.25, 0.3) is 10.2 Å². The van der Waals surface area contributed by atoms with Crippen LogP contribution in [-0.4, -0.2) is 37.7 Å². The van der Waals surface area contributed by atoms with Gasteiger partial charge >= 0.3 is 5.97 Å². The van der Waals surface area contributed by atoms with Gasteiger partial charge in [0, 0.05) is 6.26 Å². The van der Waals surface area contributed by atoms with Gasteiger partial charge in [0.2, 0.25) is 0 Å². The van der Waals surface area contributed by atoms with Crippen molar-refractivity contribution in [2.24, 2.45) is 4.99 Å². The van der Waals surface area contributed by atoms with Crippen LogP contribution in [0, 0.1) is 0 Å². The van der Waals surface area contributed by atoms with Gasteiger partial charge in [-0.15, -0.1) is 0 Å². The number of amides is 1. The Morgan fingerprint density at radius 2 is 1.88 bits per heavy atom. The Morgan fingerprint density at radius 3 is 2.56 bits per heavy atom. The molecule has 0 radical (unpaired) electrons. The minimum absolute atomic E-state index is 0.00113. The van der Waals surface area contributed by atoms with Gasteiger partial charge in [0.05, 0.1) is 27.3 Å².